The molecule has 0 N–H and O–H groups in total. The van der Waals surface area contributed by atoms with Crippen molar-refractivity contribution in [2.45, 2.75) is 27.4 Å². The Morgan fingerprint density at radius 2 is 1.78 bits per heavy atom. The topological polar surface area (TPSA) is 27.1 Å². The maximum absolute atomic E-state index is 6.12. The minimum Gasteiger partial charge on any atom is -0.487 e. The lowest BCUT2D eigenvalue weighted by Gasteiger charge is -2.08. The van der Waals surface area contributed by atoms with Crippen LogP contribution >= 0.6 is 11.6 Å². The summed E-state index contributed by atoms with van der Waals surface area (Å²) in [5, 5.41) is 5.16. The summed E-state index contributed by atoms with van der Waals surface area (Å²) in [5.74, 6) is 0.831. The van der Waals surface area contributed by atoms with Gasteiger partial charge in [0, 0.05) is 17.8 Å². The molecule has 0 saturated carbocycles. The molecule has 0 aliphatic carbocycles. The van der Waals surface area contributed by atoms with Gasteiger partial charge in [-0.15, -0.1) is 0 Å². The summed E-state index contributed by atoms with van der Waals surface area (Å²) in [6.45, 7) is 6.45. The minimum atomic E-state index is 0.474. The molecule has 0 aliphatic heterocycles. The van der Waals surface area contributed by atoms with Gasteiger partial charge in [-0.1, -0.05) is 11.6 Å². The fourth-order valence-electron chi connectivity index (χ4n) is 1.85. The van der Waals surface area contributed by atoms with Gasteiger partial charge in [-0.25, -0.2) is 0 Å². The van der Waals surface area contributed by atoms with Gasteiger partial charge >= 0.3 is 0 Å². The zero-order valence-corrected chi connectivity index (χ0v) is 11.9. The molecule has 0 atom stereocenters. The molecule has 0 fully saturated rings. The largest absolute Gasteiger partial charge is 0.487 e. The monoisotopic (exact) mass is 264 g/mol. The van der Waals surface area contributed by atoms with Gasteiger partial charge in [0.25, 0.3) is 0 Å². The molecular formula is C14H17ClN2O. The van der Waals surface area contributed by atoms with Gasteiger partial charge in [-0.05, 0) is 50.1 Å². The molecule has 3 nitrogen and oxygen atoms in total. The first-order valence-electron chi connectivity index (χ1n) is 5.86. The molecule has 1 aromatic heterocycles. The molecule has 2 aromatic rings. The van der Waals surface area contributed by atoms with Crippen molar-refractivity contribution in [2.24, 2.45) is 7.05 Å². The average Bonchev–Trinajstić information content (AvgIpc) is 2.63. The summed E-state index contributed by atoms with van der Waals surface area (Å²) in [6.07, 6.45) is 0. The van der Waals surface area contributed by atoms with Gasteiger partial charge in [-0.3, -0.25) is 4.68 Å². The van der Waals surface area contributed by atoms with Crippen molar-refractivity contribution in [3.63, 3.8) is 0 Å². The van der Waals surface area contributed by atoms with E-state index >= 15 is 0 Å². The van der Waals surface area contributed by atoms with E-state index in [2.05, 4.69) is 5.10 Å². The average molecular weight is 265 g/mol. The van der Waals surface area contributed by atoms with E-state index in [1.807, 2.05) is 50.7 Å². The van der Waals surface area contributed by atoms with E-state index in [0.717, 1.165) is 33.3 Å². The fourth-order valence-corrected chi connectivity index (χ4v) is 1.96. The fraction of sp³-hybridized carbons (Fsp3) is 0.357. The standard InChI is InChI=1S/C14H17ClN2O/c1-9-5-13(6-10(2)14(9)15)18-8-12-7-11(3)17(4)16-12/h5-7H,8H2,1-4H3. The first-order chi connectivity index (χ1) is 8.47. The van der Waals surface area contributed by atoms with Crippen molar-refractivity contribution < 1.29 is 4.74 Å². The smallest absolute Gasteiger partial charge is 0.132 e. The molecule has 96 valence electrons. The molecule has 4 heteroatoms. The molecule has 0 aliphatic rings. The lowest BCUT2D eigenvalue weighted by molar-refractivity contribution is 0.299. The zero-order chi connectivity index (χ0) is 13.3. The van der Waals surface area contributed by atoms with Gasteiger partial charge in [0.15, 0.2) is 0 Å². The Morgan fingerprint density at radius 1 is 1.17 bits per heavy atom. The van der Waals surface area contributed by atoms with Crippen LogP contribution in [-0.2, 0) is 13.7 Å². The molecule has 2 rings (SSSR count). The van der Waals surface area contributed by atoms with Crippen LogP contribution in [0, 0.1) is 20.8 Å². The highest BCUT2D eigenvalue weighted by Gasteiger charge is 2.05. The lowest BCUT2D eigenvalue weighted by Crippen LogP contribution is -1.99. The van der Waals surface area contributed by atoms with E-state index in [1.54, 1.807) is 0 Å². The molecule has 0 bridgehead atoms. The molecule has 0 saturated heterocycles. The number of benzene rings is 1. The molecule has 0 spiro atoms. The summed E-state index contributed by atoms with van der Waals surface area (Å²) in [7, 11) is 1.93. The van der Waals surface area contributed by atoms with Crippen molar-refractivity contribution in [1.29, 1.82) is 0 Å². The second kappa shape index (κ2) is 5.02. The number of rotatable bonds is 3. The van der Waals surface area contributed by atoms with Crippen LogP contribution in [0.1, 0.15) is 22.5 Å². The number of nitrogens with zero attached hydrogens (tertiary/aromatic N) is 2. The molecule has 0 amide bonds. The molecule has 0 unspecified atom stereocenters. The Balaban J connectivity index is 2.11. The number of aryl methyl sites for hydroxylation is 4. The third-order valence-corrected chi connectivity index (χ3v) is 3.56. The highest BCUT2D eigenvalue weighted by atomic mass is 35.5. The Morgan fingerprint density at radius 3 is 2.28 bits per heavy atom. The number of aromatic nitrogens is 2. The second-order valence-electron chi connectivity index (χ2n) is 4.56. The predicted molar refractivity (Wildman–Crippen MR) is 73.2 cm³/mol. The lowest BCUT2D eigenvalue weighted by atomic mass is 10.1. The van der Waals surface area contributed by atoms with E-state index in [0.29, 0.717) is 6.61 Å². The summed E-state index contributed by atoms with van der Waals surface area (Å²) < 4.78 is 7.59. The van der Waals surface area contributed by atoms with Gasteiger partial charge < -0.3 is 4.74 Å². The van der Waals surface area contributed by atoms with Crippen molar-refractivity contribution in [3.05, 3.63) is 45.7 Å². The van der Waals surface area contributed by atoms with Gasteiger partial charge in [0.05, 0.1) is 0 Å². The highest BCUT2D eigenvalue weighted by molar-refractivity contribution is 6.32. The van der Waals surface area contributed by atoms with Crippen LogP contribution in [-0.4, -0.2) is 9.78 Å². The summed E-state index contributed by atoms with van der Waals surface area (Å²) in [5.41, 5.74) is 4.12. The third kappa shape index (κ3) is 2.67. The van der Waals surface area contributed by atoms with Crippen LogP contribution in [0.2, 0.25) is 5.02 Å². The molecular weight excluding hydrogens is 248 g/mol. The minimum absolute atomic E-state index is 0.474. The van der Waals surface area contributed by atoms with Crippen LogP contribution in [0.5, 0.6) is 5.75 Å². The molecule has 18 heavy (non-hydrogen) atoms. The maximum atomic E-state index is 6.12. The second-order valence-corrected chi connectivity index (χ2v) is 4.94. The molecule has 1 aromatic carbocycles. The van der Waals surface area contributed by atoms with Gasteiger partial charge in [0.1, 0.15) is 18.1 Å². The quantitative estimate of drug-likeness (QED) is 0.847. The van der Waals surface area contributed by atoms with Crippen LogP contribution in [0.4, 0.5) is 0 Å². The summed E-state index contributed by atoms with van der Waals surface area (Å²) in [4.78, 5) is 0. The Hall–Kier alpha value is -1.48. The maximum Gasteiger partial charge on any atom is 0.132 e. The van der Waals surface area contributed by atoms with Crippen molar-refractivity contribution >= 4 is 11.6 Å². The summed E-state index contributed by atoms with van der Waals surface area (Å²) in [6, 6.07) is 5.92. The SMILES string of the molecule is Cc1cc(OCc2cc(C)n(C)n2)cc(C)c1Cl. The van der Waals surface area contributed by atoms with E-state index in [-0.39, 0.29) is 0 Å². The Labute approximate surface area is 112 Å². The van der Waals surface area contributed by atoms with Crippen LogP contribution in [0.25, 0.3) is 0 Å². The van der Waals surface area contributed by atoms with Crippen molar-refractivity contribution in [1.82, 2.24) is 9.78 Å². The molecule has 0 radical (unpaired) electrons. The van der Waals surface area contributed by atoms with E-state index in [1.165, 1.54) is 0 Å². The van der Waals surface area contributed by atoms with Gasteiger partial charge in [-0.2, -0.15) is 5.10 Å². The summed E-state index contributed by atoms with van der Waals surface area (Å²) >= 11 is 6.12. The van der Waals surface area contributed by atoms with Crippen molar-refractivity contribution in [2.75, 3.05) is 0 Å². The number of halogens is 1. The van der Waals surface area contributed by atoms with Crippen LogP contribution in [0.15, 0.2) is 18.2 Å². The van der Waals surface area contributed by atoms with Crippen molar-refractivity contribution in [3.8, 4) is 5.75 Å². The first kappa shape index (κ1) is 13.0. The zero-order valence-electron chi connectivity index (χ0n) is 11.1. The Kier molecular flexibility index (Phi) is 3.62. The molecule has 1 heterocycles. The van der Waals surface area contributed by atoms with E-state index < -0.39 is 0 Å². The number of hydrogen-bond acceptors (Lipinski definition) is 2. The van der Waals surface area contributed by atoms with E-state index in [9.17, 15) is 0 Å². The van der Waals surface area contributed by atoms with E-state index in [4.69, 9.17) is 16.3 Å². The number of hydrogen-bond donors (Lipinski definition) is 0. The number of ether oxygens (including phenoxy) is 1. The van der Waals surface area contributed by atoms with Crippen LogP contribution in [0.3, 0.4) is 0 Å². The normalized spacial score (nSPS) is 10.7. The van der Waals surface area contributed by atoms with Crippen LogP contribution < -0.4 is 4.74 Å². The van der Waals surface area contributed by atoms with Gasteiger partial charge in [0.2, 0.25) is 0 Å². The third-order valence-electron chi connectivity index (χ3n) is 2.96. The highest BCUT2D eigenvalue weighted by Crippen LogP contribution is 2.26. The predicted octanol–water partition coefficient (Wildman–Crippen LogP) is 3.58. The Bertz CT molecular complexity index is 533. The first-order valence-corrected chi connectivity index (χ1v) is 6.24.